The van der Waals surface area contributed by atoms with Gasteiger partial charge in [0.15, 0.2) is 0 Å². The van der Waals surface area contributed by atoms with Crippen LogP contribution in [0, 0.1) is 0 Å². The molecule has 0 bridgehead atoms. The van der Waals surface area contributed by atoms with Gasteiger partial charge in [-0.3, -0.25) is 4.79 Å². The number of carbonyl (C=O) groups excluding carboxylic acids is 1. The maximum Gasteiger partial charge on any atom is 0.336 e. The standard InChI is InChI=1S/C16H15NO3/c17-15(18)14-12(7-4-8-13(14)16(19)20)10-9-11-5-2-1-3-6-11/h1-8H,9-10H2,(H2,17,18)(H,19,20). The van der Waals surface area contributed by atoms with Crippen molar-refractivity contribution in [3.63, 3.8) is 0 Å². The summed E-state index contributed by atoms with van der Waals surface area (Å²) in [5.41, 5.74) is 7.18. The lowest BCUT2D eigenvalue weighted by atomic mass is 9.95. The van der Waals surface area contributed by atoms with E-state index < -0.39 is 11.9 Å². The van der Waals surface area contributed by atoms with Crippen molar-refractivity contribution in [1.82, 2.24) is 0 Å². The van der Waals surface area contributed by atoms with Gasteiger partial charge in [0.25, 0.3) is 0 Å². The van der Waals surface area contributed by atoms with E-state index in [0.29, 0.717) is 12.0 Å². The maximum absolute atomic E-state index is 11.5. The Balaban J connectivity index is 2.30. The van der Waals surface area contributed by atoms with Crippen LogP contribution in [0.3, 0.4) is 0 Å². The minimum Gasteiger partial charge on any atom is -0.478 e. The molecule has 0 radical (unpaired) electrons. The van der Waals surface area contributed by atoms with Crippen LogP contribution in [0.1, 0.15) is 31.8 Å². The topological polar surface area (TPSA) is 80.4 Å². The molecule has 4 nitrogen and oxygen atoms in total. The first-order valence-corrected chi connectivity index (χ1v) is 6.28. The van der Waals surface area contributed by atoms with Gasteiger partial charge >= 0.3 is 5.97 Å². The number of rotatable bonds is 5. The molecule has 3 N–H and O–H groups in total. The van der Waals surface area contributed by atoms with Crippen LogP contribution in [0.5, 0.6) is 0 Å². The third-order valence-electron chi connectivity index (χ3n) is 3.15. The van der Waals surface area contributed by atoms with Crippen LogP contribution >= 0.6 is 0 Å². The Hall–Kier alpha value is -2.62. The highest BCUT2D eigenvalue weighted by Crippen LogP contribution is 2.17. The molecule has 0 aliphatic carbocycles. The highest BCUT2D eigenvalue weighted by Gasteiger charge is 2.17. The molecule has 0 aliphatic rings. The van der Waals surface area contributed by atoms with Gasteiger partial charge in [0.1, 0.15) is 0 Å². The summed E-state index contributed by atoms with van der Waals surface area (Å²) >= 11 is 0. The van der Waals surface area contributed by atoms with Gasteiger partial charge in [-0.2, -0.15) is 0 Å². The number of benzene rings is 2. The van der Waals surface area contributed by atoms with E-state index in [4.69, 9.17) is 10.8 Å². The molecule has 2 aromatic carbocycles. The first-order valence-electron chi connectivity index (χ1n) is 6.28. The van der Waals surface area contributed by atoms with Crippen molar-refractivity contribution in [1.29, 1.82) is 0 Å². The number of aryl methyl sites for hydroxylation is 2. The molecule has 4 heteroatoms. The summed E-state index contributed by atoms with van der Waals surface area (Å²) in [7, 11) is 0. The Kier molecular flexibility index (Phi) is 4.15. The molecule has 2 aromatic rings. The van der Waals surface area contributed by atoms with E-state index in [0.717, 1.165) is 12.0 Å². The summed E-state index contributed by atoms with van der Waals surface area (Å²) in [5, 5.41) is 9.12. The Morgan fingerprint density at radius 1 is 0.950 bits per heavy atom. The number of primary amides is 1. The van der Waals surface area contributed by atoms with E-state index in [-0.39, 0.29) is 11.1 Å². The van der Waals surface area contributed by atoms with E-state index >= 15 is 0 Å². The molecule has 0 fully saturated rings. The van der Waals surface area contributed by atoms with Crippen LogP contribution in [0.2, 0.25) is 0 Å². The zero-order chi connectivity index (χ0) is 14.5. The zero-order valence-corrected chi connectivity index (χ0v) is 10.9. The minimum absolute atomic E-state index is 0.0388. The van der Waals surface area contributed by atoms with Gasteiger partial charge in [-0.25, -0.2) is 4.79 Å². The molecular weight excluding hydrogens is 254 g/mol. The van der Waals surface area contributed by atoms with Gasteiger partial charge in [-0.1, -0.05) is 42.5 Å². The van der Waals surface area contributed by atoms with Crippen molar-refractivity contribution in [2.45, 2.75) is 12.8 Å². The van der Waals surface area contributed by atoms with Crippen molar-refractivity contribution in [2.75, 3.05) is 0 Å². The van der Waals surface area contributed by atoms with Gasteiger partial charge < -0.3 is 10.8 Å². The van der Waals surface area contributed by atoms with Crippen molar-refractivity contribution in [2.24, 2.45) is 5.73 Å². The molecule has 0 aromatic heterocycles. The molecule has 102 valence electrons. The van der Waals surface area contributed by atoms with Crippen LogP contribution in [0.4, 0.5) is 0 Å². The van der Waals surface area contributed by atoms with Crippen LogP contribution in [0.15, 0.2) is 48.5 Å². The molecule has 0 heterocycles. The number of amides is 1. The van der Waals surface area contributed by atoms with Crippen LogP contribution < -0.4 is 5.73 Å². The maximum atomic E-state index is 11.5. The van der Waals surface area contributed by atoms with Gasteiger partial charge in [0, 0.05) is 0 Å². The normalized spacial score (nSPS) is 10.2. The molecule has 0 unspecified atom stereocenters. The van der Waals surface area contributed by atoms with Gasteiger partial charge in [-0.15, -0.1) is 0 Å². The van der Waals surface area contributed by atoms with E-state index in [1.807, 2.05) is 30.3 Å². The van der Waals surface area contributed by atoms with Crippen LogP contribution in [-0.4, -0.2) is 17.0 Å². The molecule has 2 rings (SSSR count). The predicted molar refractivity (Wildman–Crippen MR) is 75.8 cm³/mol. The number of carboxylic acid groups (broad SMARTS) is 1. The molecule has 0 saturated heterocycles. The molecule has 0 atom stereocenters. The SMILES string of the molecule is NC(=O)c1c(CCc2ccccc2)cccc1C(=O)O. The zero-order valence-electron chi connectivity index (χ0n) is 10.9. The lowest BCUT2D eigenvalue weighted by molar-refractivity contribution is 0.0692. The Morgan fingerprint density at radius 3 is 2.25 bits per heavy atom. The van der Waals surface area contributed by atoms with E-state index in [9.17, 15) is 9.59 Å². The third-order valence-corrected chi connectivity index (χ3v) is 3.15. The van der Waals surface area contributed by atoms with Crippen LogP contribution in [0.25, 0.3) is 0 Å². The quantitative estimate of drug-likeness (QED) is 0.873. The Bertz CT molecular complexity index is 635. The number of aromatic carboxylic acids is 1. The molecular formula is C16H15NO3. The summed E-state index contributed by atoms with van der Waals surface area (Å²) in [6.07, 6.45) is 1.30. The van der Waals surface area contributed by atoms with Crippen molar-refractivity contribution in [3.8, 4) is 0 Å². The van der Waals surface area contributed by atoms with Gasteiger partial charge in [-0.05, 0) is 30.0 Å². The van der Waals surface area contributed by atoms with E-state index in [1.54, 1.807) is 12.1 Å². The second-order valence-electron chi connectivity index (χ2n) is 4.49. The highest BCUT2D eigenvalue weighted by atomic mass is 16.4. The number of hydrogen-bond donors (Lipinski definition) is 2. The van der Waals surface area contributed by atoms with Crippen molar-refractivity contribution >= 4 is 11.9 Å². The molecule has 0 spiro atoms. The summed E-state index contributed by atoms with van der Waals surface area (Å²) in [6, 6.07) is 14.6. The lowest BCUT2D eigenvalue weighted by Crippen LogP contribution is -2.19. The van der Waals surface area contributed by atoms with Crippen molar-refractivity contribution in [3.05, 3.63) is 70.8 Å². The average Bonchev–Trinajstić information content (AvgIpc) is 2.45. The monoisotopic (exact) mass is 269 g/mol. The summed E-state index contributed by atoms with van der Waals surface area (Å²) in [4.78, 5) is 22.7. The van der Waals surface area contributed by atoms with Crippen LogP contribution in [-0.2, 0) is 12.8 Å². The average molecular weight is 269 g/mol. The van der Waals surface area contributed by atoms with Gasteiger partial charge in [0.05, 0.1) is 11.1 Å². The lowest BCUT2D eigenvalue weighted by Gasteiger charge is -2.09. The number of hydrogen-bond acceptors (Lipinski definition) is 2. The fraction of sp³-hybridized carbons (Fsp3) is 0.125. The van der Waals surface area contributed by atoms with Crippen molar-refractivity contribution < 1.29 is 14.7 Å². The summed E-state index contributed by atoms with van der Waals surface area (Å²) in [6.45, 7) is 0. The summed E-state index contributed by atoms with van der Waals surface area (Å²) in [5.74, 6) is -1.84. The molecule has 20 heavy (non-hydrogen) atoms. The number of nitrogens with two attached hydrogens (primary N) is 1. The highest BCUT2D eigenvalue weighted by molar-refractivity contribution is 6.05. The minimum atomic E-state index is -1.14. The first-order chi connectivity index (χ1) is 9.59. The van der Waals surface area contributed by atoms with E-state index in [1.165, 1.54) is 6.07 Å². The first kappa shape index (κ1) is 13.8. The third kappa shape index (κ3) is 3.03. The Labute approximate surface area is 116 Å². The second kappa shape index (κ2) is 6.02. The number of carboxylic acids is 1. The Morgan fingerprint density at radius 2 is 1.65 bits per heavy atom. The fourth-order valence-electron chi connectivity index (χ4n) is 2.20. The smallest absolute Gasteiger partial charge is 0.336 e. The van der Waals surface area contributed by atoms with Gasteiger partial charge in [0.2, 0.25) is 5.91 Å². The fourth-order valence-corrected chi connectivity index (χ4v) is 2.20. The summed E-state index contributed by atoms with van der Waals surface area (Å²) < 4.78 is 0. The molecule has 1 amide bonds. The second-order valence-corrected chi connectivity index (χ2v) is 4.49. The molecule has 0 aliphatic heterocycles. The number of carbonyl (C=O) groups is 2. The predicted octanol–water partition coefficient (Wildman–Crippen LogP) is 2.27. The largest absolute Gasteiger partial charge is 0.478 e. The molecule has 0 saturated carbocycles. The van der Waals surface area contributed by atoms with E-state index in [2.05, 4.69) is 0 Å².